The Kier molecular flexibility index (Phi) is 4.15. The van der Waals surface area contributed by atoms with Crippen molar-refractivity contribution in [3.8, 4) is 11.5 Å². The molecule has 0 atom stereocenters. The fraction of sp³-hybridized carbons (Fsp3) is 0.579. The molecular formula is C19H26N4O2. The number of methoxy groups -OCH3 is 2. The number of nitrogens with zero attached hydrogens (tertiary/aromatic N) is 3. The van der Waals surface area contributed by atoms with Crippen LogP contribution in [0.25, 0.3) is 10.9 Å². The predicted molar refractivity (Wildman–Crippen MR) is 98.7 cm³/mol. The lowest BCUT2D eigenvalue weighted by Crippen LogP contribution is -2.41. The SMILES string of the molecule is COc1cc2nnc(C)c(N3CCC4(CCNC4)CC3)c2cc1OC. The highest BCUT2D eigenvalue weighted by molar-refractivity contribution is 5.94. The van der Waals surface area contributed by atoms with Crippen molar-refractivity contribution < 1.29 is 9.47 Å². The Morgan fingerprint density at radius 3 is 2.40 bits per heavy atom. The lowest BCUT2D eigenvalue weighted by Gasteiger charge is -2.40. The van der Waals surface area contributed by atoms with Gasteiger partial charge in [-0.2, -0.15) is 5.10 Å². The third-order valence-corrected chi connectivity index (χ3v) is 5.88. The van der Waals surface area contributed by atoms with E-state index in [2.05, 4.69) is 20.4 Å². The summed E-state index contributed by atoms with van der Waals surface area (Å²) >= 11 is 0. The minimum absolute atomic E-state index is 0.502. The first-order chi connectivity index (χ1) is 12.2. The highest BCUT2D eigenvalue weighted by Gasteiger charge is 2.37. The molecule has 1 aromatic carbocycles. The van der Waals surface area contributed by atoms with E-state index < -0.39 is 0 Å². The Labute approximate surface area is 148 Å². The van der Waals surface area contributed by atoms with E-state index in [0.717, 1.165) is 42.0 Å². The number of benzene rings is 1. The molecule has 2 aromatic rings. The molecule has 0 radical (unpaired) electrons. The van der Waals surface area contributed by atoms with E-state index in [9.17, 15) is 0 Å². The van der Waals surface area contributed by atoms with Crippen LogP contribution >= 0.6 is 0 Å². The number of piperidine rings is 1. The van der Waals surface area contributed by atoms with Crippen LogP contribution in [0.3, 0.4) is 0 Å². The summed E-state index contributed by atoms with van der Waals surface area (Å²) in [5.74, 6) is 1.42. The van der Waals surface area contributed by atoms with E-state index in [1.807, 2.05) is 19.1 Å². The van der Waals surface area contributed by atoms with E-state index in [1.54, 1.807) is 14.2 Å². The summed E-state index contributed by atoms with van der Waals surface area (Å²) in [4.78, 5) is 2.47. The molecule has 25 heavy (non-hydrogen) atoms. The molecule has 6 heteroatoms. The minimum atomic E-state index is 0.502. The number of rotatable bonds is 3. The molecule has 0 saturated carbocycles. The topological polar surface area (TPSA) is 59.5 Å². The summed E-state index contributed by atoms with van der Waals surface area (Å²) in [6, 6.07) is 3.95. The van der Waals surface area contributed by atoms with Crippen molar-refractivity contribution in [1.29, 1.82) is 0 Å². The maximum absolute atomic E-state index is 5.50. The normalized spacial score (nSPS) is 19.6. The standard InChI is InChI=1S/C19H26N4O2/c1-13-18(23-8-5-19(6-9-23)4-7-20-12-19)14-10-16(24-2)17(25-3)11-15(14)22-21-13/h10-11,20H,4-9,12H2,1-3H3. The van der Waals surface area contributed by atoms with Gasteiger partial charge in [0.25, 0.3) is 0 Å². The number of anilines is 1. The summed E-state index contributed by atoms with van der Waals surface area (Å²) in [5, 5.41) is 13.4. The highest BCUT2D eigenvalue weighted by atomic mass is 16.5. The molecule has 4 rings (SSSR count). The van der Waals surface area contributed by atoms with Crippen molar-refractivity contribution in [1.82, 2.24) is 15.5 Å². The van der Waals surface area contributed by atoms with Crippen LogP contribution < -0.4 is 19.7 Å². The Bertz CT molecular complexity index is 777. The van der Waals surface area contributed by atoms with Crippen LogP contribution in [0.5, 0.6) is 11.5 Å². The second-order valence-electron chi connectivity index (χ2n) is 7.27. The van der Waals surface area contributed by atoms with Gasteiger partial charge in [-0.3, -0.25) is 0 Å². The molecule has 134 valence electrons. The fourth-order valence-electron chi connectivity index (χ4n) is 4.34. The molecular weight excluding hydrogens is 316 g/mol. The number of aryl methyl sites for hydroxylation is 1. The van der Waals surface area contributed by atoms with Crippen molar-refractivity contribution >= 4 is 16.6 Å². The van der Waals surface area contributed by atoms with Crippen LogP contribution in [0.2, 0.25) is 0 Å². The van der Waals surface area contributed by atoms with Crippen molar-refractivity contribution in [2.24, 2.45) is 5.41 Å². The van der Waals surface area contributed by atoms with Gasteiger partial charge >= 0.3 is 0 Å². The lowest BCUT2D eigenvalue weighted by molar-refractivity contribution is 0.247. The van der Waals surface area contributed by atoms with Crippen molar-refractivity contribution in [2.45, 2.75) is 26.2 Å². The molecule has 2 fully saturated rings. The van der Waals surface area contributed by atoms with Crippen molar-refractivity contribution in [2.75, 3.05) is 45.3 Å². The van der Waals surface area contributed by atoms with Gasteiger partial charge < -0.3 is 19.7 Å². The van der Waals surface area contributed by atoms with Crippen molar-refractivity contribution in [3.05, 3.63) is 17.8 Å². The Balaban J connectivity index is 1.72. The summed E-state index contributed by atoms with van der Waals surface area (Å²) < 4.78 is 10.9. The molecule has 0 bridgehead atoms. The van der Waals surface area contributed by atoms with E-state index in [-0.39, 0.29) is 0 Å². The quantitative estimate of drug-likeness (QED) is 0.925. The van der Waals surface area contributed by atoms with Crippen LogP contribution in [-0.2, 0) is 0 Å². The smallest absolute Gasteiger partial charge is 0.162 e. The number of hydrogen-bond acceptors (Lipinski definition) is 6. The van der Waals surface area contributed by atoms with Crippen LogP contribution in [0.15, 0.2) is 12.1 Å². The van der Waals surface area contributed by atoms with Gasteiger partial charge in [0, 0.05) is 31.1 Å². The second-order valence-corrected chi connectivity index (χ2v) is 7.27. The highest BCUT2D eigenvalue weighted by Crippen LogP contribution is 2.41. The maximum Gasteiger partial charge on any atom is 0.162 e. The Morgan fingerprint density at radius 2 is 1.76 bits per heavy atom. The molecule has 0 amide bonds. The first-order valence-corrected chi connectivity index (χ1v) is 9.00. The van der Waals surface area contributed by atoms with Crippen molar-refractivity contribution in [3.63, 3.8) is 0 Å². The molecule has 3 heterocycles. The summed E-state index contributed by atoms with van der Waals surface area (Å²) in [6.45, 7) is 6.51. The summed E-state index contributed by atoms with van der Waals surface area (Å²) in [5.41, 5.74) is 3.51. The Hall–Kier alpha value is -2.08. The monoisotopic (exact) mass is 342 g/mol. The van der Waals surface area contributed by atoms with Gasteiger partial charge in [-0.15, -0.1) is 5.10 Å². The average Bonchev–Trinajstić information content (AvgIpc) is 3.10. The summed E-state index contributed by atoms with van der Waals surface area (Å²) in [7, 11) is 3.31. The first-order valence-electron chi connectivity index (χ1n) is 9.00. The number of ether oxygens (including phenoxy) is 2. The zero-order valence-electron chi connectivity index (χ0n) is 15.3. The van der Waals surface area contributed by atoms with Gasteiger partial charge in [0.15, 0.2) is 11.5 Å². The maximum atomic E-state index is 5.50. The molecule has 2 saturated heterocycles. The van der Waals surface area contributed by atoms with Crippen LogP contribution in [0.4, 0.5) is 5.69 Å². The summed E-state index contributed by atoms with van der Waals surface area (Å²) in [6.07, 6.45) is 3.77. The number of fused-ring (bicyclic) bond motifs is 1. The third kappa shape index (κ3) is 2.78. The molecule has 1 spiro atoms. The zero-order chi connectivity index (χ0) is 17.4. The van der Waals surface area contributed by atoms with E-state index in [1.165, 1.54) is 31.5 Å². The second kappa shape index (κ2) is 6.33. The third-order valence-electron chi connectivity index (χ3n) is 5.88. The van der Waals surface area contributed by atoms with Gasteiger partial charge in [-0.25, -0.2) is 0 Å². The van der Waals surface area contributed by atoms with Gasteiger partial charge in [-0.05, 0) is 44.2 Å². The molecule has 2 aliphatic rings. The average molecular weight is 342 g/mol. The lowest BCUT2D eigenvalue weighted by atomic mass is 9.77. The van der Waals surface area contributed by atoms with Gasteiger partial charge in [0.1, 0.15) is 0 Å². The number of aromatic nitrogens is 2. The fourth-order valence-corrected chi connectivity index (χ4v) is 4.34. The molecule has 6 nitrogen and oxygen atoms in total. The first kappa shape index (κ1) is 16.4. The van der Waals surface area contributed by atoms with Gasteiger partial charge in [-0.1, -0.05) is 0 Å². The predicted octanol–water partition coefficient (Wildman–Crippen LogP) is 2.54. The molecule has 0 aliphatic carbocycles. The minimum Gasteiger partial charge on any atom is -0.493 e. The van der Waals surface area contributed by atoms with Crippen LogP contribution in [0, 0.1) is 12.3 Å². The van der Waals surface area contributed by atoms with Gasteiger partial charge in [0.2, 0.25) is 0 Å². The van der Waals surface area contributed by atoms with E-state index in [4.69, 9.17) is 9.47 Å². The van der Waals surface area contributed by atoms with E-state index in [0.29, 0.717) is 11.2 Å². The van der Waals surface area contributed by atoms with E-state index >= 15 is 0 Å². The molecule has 1 N–H and O–H groups in total. The zero-order valence-corrected chi connectivity index (χ0v) is 15.3. The van der Waals surface area contributed by atoms with Crippen LogP contribution in [-0.4, -0.2) is 50.6 Å². The molecule has 2 aliphatic heterocycles. The molecule has 1 aromatic heterocycles. The van der Waals surface area contributed by atoms with Gasteiger partial charge in [0.05, 0.1) is 31.1 Å². The number of nitrogens with one attached hydrogen (secondary N) is 1. The molecule has 0 unspecified atom stereocenters. The number of hydrogen-bond donors (Lipinski definition) is 1. The van der Waals surface area contributed by atoms with Crippen LogP contribution in [0.1, 0.15) is 25.0 Å². The largest absolute Gasteiger partial charge is 0.493 e. The Morgan fingerprint density at radius 1 is 1.04 bits per heavy atom.